The Kier molecular flexibility index (Phi) is 7.88. The van der Waals surface area contributed by atoms with Crippen LogP contribution in [0.15, 0.2) is 36.5 Å². The molecule has 1 aliphatic carbocycles. The van der Waals surface area contributed by atoms with E-state index in [9.17, 15) is 18.0 Å². The van der Waals surface area contributed by atoms with Gasteiger partial charge < -0.3 is 15.0 Å². The number of carbonyl (C=O) groups excluding carboxylic acids is 1. The molecule has 0 spiro atoms. The normalized spacial score (nSPS) is 20.6. The number of nitrogens with zero attached hydrogens (tertiary/aromatic N) is 4. The first-order chi connectivity index (χ1) is 18.2. The zero-order valence-corrected chi connectivity index (χ0v) is 21.6. The zero-order valence-electron chi connectivity index (χ0n) is 21.6. The van der Waals surface area contributed by atoms with Crippen LogP contribution in [0.25, 0.3) is 5.65 Å². The summed E-state index contributed by atoms with van der Waals surface area (Å²) in [6, 6.07) is 9.17. The zero-order chi connectivity index (χ0) is 26.7. The molecule has 1 N–H and O–H groups in total. The van der Waals surface area contributed by atoms with Crippen molar-refractivity contribution >= 4 is 11.6 Å². The Morgan fingerprint density at radius 3 is 2.66 bits per heavy atom. The SMILES string of the molecule is Cc1cn2c(C(=O)NC3CCC(CCN4CCc5ccc(OCC(F)(F)F)nc5CC4)CC3)cccc2n1. The summed E-state index contributed by atoms with van der Waals surface area (Å²) < 4.78 is 44.0. The van der Waals surface area contributed by atoms with Crippen molar-refractivity contribution in [3.8, 4) is 5.88 Å². The number of aryl methyl sites for hydroxylation is 1. The second kappa shape index (κ2) is 11.3. The number of carbonyl (C=O) groups is 1. The Balaban J connectivity index is 1.06. The molecule has 4 heterocycles. The Morgan fingerprint density at radius 2 is 1.87 bits per heavy atom. The summed E-state index contributed by atoms with van der Waals surface area (Å²) in [5.41, 5.74) is 4.20. The molecule has 0 atom stereocenters. The van der Waals surface area contributed by atoms with Gasteiger partial charge in [0.15, 0.2) is 6.61 Å². The van der Waals surface area contributed by atoms with Gasteiger partial charge in [0, 0.05) is 43.5 Å². The van der Waals surface area contributed by atoms with Crippen LogP contribution >= 0.6 is 0 Å². The molecule has 0 saturated heterocycles. The lowest BCUT2D eigenvalue weighted by atomic mass is 9.84. The molecule has 3 aromatic heterocycles. The fourth-order valence-electron chi connectivity index (χ4n) is 5.61. The largest absolute Gasteiger partial charge is 0.468 e. The van der Waals surface area contributed by atoms with Gasteiger partial charge in [0.2, 0.25) is 5.88 Å². The van der Waals surface area contributed by atoms with E-state index in [1.807, 2.05) is 41.8 Å². The van der Waals surface area contributed by atoms with Crippen molar-refractivity contribution in [2.45, 2.75) is 64.1 Å². The lowest BCUT2D eigenvalue weighted by Crippen LogP contribution is -2.38. The molecule has 7 nitrogen and oxygen atoms in total. The molecule has 2 aliphatic rings. The molecule has 0 radical (unpaired) electrons. The molecular weight excluding hydrogens is 495 g/mol. The number of nitrogens with one attached hydrogen (secondary N) is 1. The van der Waals surface area contributed by atoms with Crippen molar-refractivity contribution < 1.29 is 22.7 Å². The van der Waals surface area contributed by atoms with E-state index in [2.05, 4.69) is 20.2 Å². The minimum absolute atomic E-state index is 0.0372. The number of aromatic nitrogens is 3. The molecule has 1 saturated carbocycles. The highest BCUT2D eigenvalue weighted by atomic mass is 19.4. The van der Waals surface area contributed by atoms with Gasteiger partial charge in [0.1, 0.15) is 11.3 Å². The van der Waals surface area contributed by atoms with Crippen molar-refractivity contribution in [1.82, 2.24) is 24.6 Å². The van der Waals surface area contributed by atoms with Crippen LogP contribution in [0, 0.1) is 12.8 Å². The maximum absolute atomic E-state index is 12.9. The van der Waals surface area contributed by atoms with E-state index in [4.69, 9.17) is 4.74 Å². The van der Waals surface area contributed by atoms with Crippen molar-refractivity contribution in [2.24, 2.45) is 5.92 Å². The summed E-state index contributed by atoms with van der Waals surface area (Å²) in [7, 11) is 0. The highest BCUT2D eigenvalue weighted by Gasteiger charge is 2.29. The van der Waals surface area contributed by atoms with Gasteiger partial charge in [-0.05, 0) is 75.6 Å². The molecule has 3 aromatic rings. The van der Waals surface area contributed by atoms with Crippen LogP contribution in [0.2, 0.25) is 0 Å². The lowest BCUT2D eigenvalue weighted by Gasteiger charge is -2.30. The highest BCUT2D eigenvalue weighted by molar-refractivity contribution is 5.93. The van der Waals surface area contributed by atoms with Gasteiger partial charge in [-0.2, -0.15) is 13.2 Å². The standard InChI is InChI=1S/C28H34F3N5O2/c1-19-17-36-24(3-2-4-25(36)32-19)27(37)33-22-8-5-20(6-9-22)11-14-35-15-12-21-7-10-26(34-23(21)13-16-35)38-18-28(29,30)31/h2-4,7,10,17,20,22H,5-6,8-9,11-16,18H2,1H3,(H,33,37). The summed E-state index contributed by atoms with van der Waals surface area (Å²) in [5.74, 6) is 0.616. The van der Waals surface area contributed by atoms with E-state index in [0.29, 0.717) is 18.0 Å². The van der Waals surface area contributed by atoms with Crippen LogP contribution in [0.3, 0.4) is 0 Å². The third-order valence-corrected chi connectivity index (χ3v) is 7.67. The number of pyridine rings is 2. The Bertz CT molecular complexity index is 1270. The summed E-state index contributed by atoms with van der Waals surface area (Å²) in [5, 5.41) is 3.23. The van der Waals surface area contributed by atoms with Crippen molar-refractivity contribution in [3.63, 3.8) is 0 Å². The summed E-state index contributed by atoms with van der Waals surface area (Å²) in [6.07, 6.45) is 4.31. The van der Waals surface area contributed by atoms with Crippen LogP contribution in [-0.4, -0.2) is 63.6 Å². The van der Waals surface area contributed by atoms with Gasteiger partial charge in [0.25, 0.3) is 5.91 Å². The first kappa shape index (κ1) is 26.5. The predicted octanol–water partition coefficient (Wildman–Crippen LogP) is 4.76. The maximum atomic E-state index is 12.9. The fourth-order valence-corrected chi connectivity index (χ4v) is 5.61. The van der Waals surface area contributed by atoms with Gasteiger partial charge in [-0.25, -0.2) is 9.97 Å². The molecule has 5 rings (SSSR count). The predicted molar refractivity (Wildman–Crippen MR) is 137 cm³/mol. The number of fused-ring (bicyclic) bond motifs is 2. The van der Waals surface area contributed by atoms with E-state index in [0.717, 1.165) is 80.8 Å². The lowest BCUT2D eigenvalue weighted by molar-refractivity contribution is -0.154. The van der Waals surface area contributed by atoms with Crippen molar-refractivity contribution in [2.75, 3.05) is 26.2 Å². The van der Waals surface area contributed by atoms with Crippen molar-refractivity contribution in [1.29, 1.82) is 0 Å². The Labute approximate surface area is 220 Å². The number of alkyl halides is 3. The van der Waals surface area contributed by atoms with Gasteiger partial charge >= 0.3 is 6.18 Å². The van der Waals surface area contributed by atoms with Gasteiger partial charge in [-0.3, -0.25) is 9.20 Å². The number of imidazole rings is 1. The van der Waals surface area contributed by atoms with Crippen LogP contribution in [0.4, 0.5) is 13.2 Å². The fraction of sp³-hybridized carbons (Fsp3) is 0.536. The average Bonchev–Trinajstić information content (AvgIpc) is 3.16. The van der Waals surface area contributed by atoms with E-state index in [1.165, 1.54) is 6.07 Å². The summed E-state index contributed by atoms with van der Waals surface area (Å²) in [6.45, 7) is 3.35. The second-order valence-corrected chi connectivity index (χ2v) is 10.5. The Hall–Kier alpha value is -3.14. The Morgan fingerprint density at radius 1 is 1.08 bits per heavy atom. The van der Waals surface area contributed by atoms with Crippen LogP contribution in [0.5, 0.6) is 5.88 Å². The first-order valence-corrected chi connectivity index (χ1v) is 13.4. The molecule has 204 valence electrons. The first-order valence-electron chi connectivity index (χ1n) is 13.4. The van der Waals surface area contributed by atoms with E-state index < -0.39 is 12.8 Å². The molecule has 1 amide bonds. The number of hydrogen-bond acceptors (Lipinski definition) is 5. The molecular formula is C28H34F3N5O2. The number of ether oxygens (including phenoxy) is 1. The quantitative estimate of drug-likeness (QED) is 0.478. The number of amides is 1. The van der Waals surface area contributed by atoms with E-state index in [1.54, 1.807) is 0 Å². The number of hydrogen-bond donors (Lipinski definition) is 1. The topological polar surface area (TPSA) is 71.8 Å². The third kappa shape index (κ3) is 6.64. The monoisotopic (exact) mass is 529 g/mol. The molecule has 0 bridgehead atoms. The number of rotatable bonds is 7. The van der Waals surface area contributed by atoms with Crippen LogP contribution in [0.1, 0.15) is 59.5 Å². The van der Waals surface area contributed by atoms with Crippen LogP contribution < -0.4 is 10.1 Å². The molecule has 1 fully saturated rings. The van der Waals surface area contributed by atoms with Gasteiger partial charge in [-0.15, -0.1) is 0 Å². The smallest absolute Gasteiger partial charge is 0.422 e. The molecule has 38 heavy (non-hydrogen) atoms. The molecule has 1 aliphatic heterocycles. The second-order valence-electron chi connectivity index (χ2n) is 10.5. The number of halogens is 3. The highest BCUT2D eigenvalue weighted by Crippen LogP contribution is 2.28. The molecule has 0 unspecified atom stereocenters. The minimum atomic E-state index is -4.37. The average molecular weight is 530 g/mol. The van der Waals surface area contributed by atoms with Crippen LogP contribution in [-0.2, 0) is 12.8 Å². The minimum Gasteiger partial charge on any atom is -0.468 e. The molecule has 0 aromatic carbocycles. The van der Waals surface area contributed by atoms with E-state index >= 15 is 0 Å². The van der Waals surface area contributed by atoms with Gasteiger partial charge in [0.05, 0.1) is 5.69 Å². The maximum Gasteiger partial charge on any atom is 0.422 e. The van der Waals surface area contributed by atoms with E-state index in [-0.39, 0.29) is 17.8 Å². The van der Waals surface area contributed by atoms with Crippen molar-refractivity contribution in [3.05, 3.63) is 59.2 Å². The molecule has 10 heteroatoms. The van der Waals surface area contributed by atoms with Gasteiger partial charge in [-0.1, -0.05) is 12.1 Å². The third-order valence-electron chi connectivity index (χ3n) is 7.67. The summed E-state index contributed by atoms with van der Waals surface area (Å²) >= 11 is 0. The summed E-state index contributed by atoms with van der Waals surface area (Å²) in [4.78, 5) is 24.2.